The van der Waals surface area contributed by atoms with Crippen LogP contribution in [0.15, 0.2) is 0 Å². The maximum Gasteiger partial charge on any atom is 0.00166 e. The Balaban J connectivity index is 3.58. The Bertz CT molecular complexity index is 69.0. The molecule has 3 atom stereocenters. The van der Waals surface area contributed by atoms with Gasteiger partial charge in [0.15, 0.2) is 0 Å². The monoisotopic (exact) mass is 146 g/mol. The molecule has 0 nitrogen and oxygen atoms in total. The van der Waals surface area contributed by atoms with Crippen LogP contribution in [0, 0.1) is 11.8 Å². The highest BCUT2D eigenvalue weighted by Crippen LogP contribution is 2.20. The maximum absolute atomic E-state index is 4.39. The topological polar surface area (TPSA) is 0 Å². The Hall–Kier alpha value is 0.350. The van der Waals surface area contributed by atoms with E-state index in [0.29, 0.717) is 5.25 Å². The van der Waals surface area contributed by atoms with E-state index < -0.39 is 0 Å². The minimum absolute atomic E-state index is 0.542. The quantitative estimate of drug-likeness (QED) is 0.581. The number of hydrogen-bond acceptors (Lipinski definition) is 1. The third kappa shape index (κ3) is 3.14. The van der Waals surface area contributed by atoms with E-state index in [-0.39, 0.29) is 0 Å². The molecule has 0 bridgehead atoms. The van der Waals surface area contributed by atoms with Crippen molar-refractivity contribution in [1.29, 1.82) is 0 Å². The van der Waals surface area contributed by atoms with E-state index in [0.717, 1.165) is 11.8 Å². The largest absolute Gasteiger partial charge is 0.176 e. The summed E-state index contributed by atoms with van der Waals surface area (Å²) in [5.74, 6) is 1.57. The summed E-state index contributed by atoms with van der Waals surface area (Å²) in [6.45, 7) is 8.96. The zero-order chi connectivity index (χ0) is 7.44. The van der Waals surface area contributed by atoms with Crippen molar-refractivity contribution >= 4 is 12.6 Å². The Kier molecular flexibility index (Phi) is 4.37. The van der Waals surface area contributed by atoms with Crippen molar-refractivity contribution in [2.45, 2.75) is 39.4 Å². The molecule has 0 amide bonds. The van der Waals surface area contributed by atoms with Crippen LogP contribution in [0.25, 0.3) is 0 Å². The lowest BCUT2D eigenvalue weighted by atomic mass is 9.91. The summed E-state index contributed by atoms with van der Waals surface area (Å²) in [7, 11) is 0. The molecule has 0 aliphatic heterocycles. The smallest absolute Gasteiger partial charge is 0.00166 e. The molecule has 0 aromatic carbocycles. The summed E-state index contributed by atoms with van der Waals surface area (Å²) in [4.78, 5) is 0. The van der Waals surface area contributed by atoms with Crippen LogP contribution in [-0.2, 0) is 0 Å². The lowest BCUT2D eigenvalue weighted by Gasteiger charge is -2.20. The second-order valence-corrected chi connectivity index (χ2v) is 3.80. The van der Waals surface area contributed by atoms with Crippen LogP contribution in [0.5, 0.6) is 0 Å². The van der Waals surface area contributed by atoms with E-state index in [4.69, 9.17) is 0 Å². The van der Waals surface area contributed by atoms with Crippen LogP contribution in [0.3, 0.4) is 0 Å². The van der Waals surface area contributed by atoms with Gasteiger partial charge in [0.2, 0.25) is 0 Å². The summed E-state index contributed by atoms with van der Waals surface area (Å²) in [5.41, 5.74) is 0. The normalized spacial score (nSPS) is 21.0. The molecule has 1 heteroatoms. The Morgan fingerprint density at radius 3 is 1.78 bits per heavy atom. The zero-order valence-electron chi connectivity index (χ0n) is 6.89. The molecule has 0 saturated carbocycles. The molecule has 0 heterocycles. The van der Waals surface area contributed by atoms with Crippen LogP contribution in [0.4, 0.5) is 0 Å². The SMILES string of the molecule is CCC(C)C(C)C(C)S. The lowest BCUT2D eigenvalue weighted by molar-refractivity contribution is 0.376. The molecule has 3 unspecified atom stereocenters. The van der Waals surface area contributed by atoms with Crippen molar-refractivity contribution in [2.75, 3.05) is 0 Å². The van der Waals surface area contributed by atoms with Gasteiger partial charge in [-0.05, 0) is 11.8 Å². The van der Waals surface area contributed by atoms with Crippen LogP contribution in [-0.4, -0.2) is 5.25 Å². The molecule has 0 saturated heterocycles. The van der Waals surface area contributed by atoms with Crippen molar-refractivity contribution < 1.29 is 0 Å². The second kappa shape index (κ2) is 4.21. The molecular weight excluding hydrogens is 128 g/mol. The highest BCUT2D eigenvalue weighted by atomic mass is 32.1. The molecule has 0 radical (unpaired) electrons. The molecule has 0 aliphatic carbocycles. The van der Waals surface area contributed by atoms with Crippen molar-refractivity contribution in [3.8, 4) is 0 Å². The first-order valence-corrected chi connectivity index (χ1v) is 4.29. The molecule has 9 heavy (non-hydrogen) atoms. The van der Waals surface area contributed by atoms with Gasteiger partial charge < -0.3 is 0 Å². The fourth-order valence-corrected chi connectivity index (χ4v) is 1.14. The maximum atomic E-state index is 4.39. The van der Waals surface area contributed by atoms with Gasteiger partial charge >= 0.3 is 0 Å². The number of rotatable bonds is 3. The molecule has 0 fully saturated rings. The van der Waals surface area contributed by atoms with Gasteiger partial charge in [0.1, 0.15) is 0 Å². The average Bonchev–Trinajstić information content (AvgIpc) is 1.84. The standard InChI is InChI=1S/C8H18S/c1-5-6(2)7(3)8(4)9/h6-9H,5H2,1-4H3. The van der Waals surface area contributed by atoms with E-state index in [9.17, 15) is 0 Å². The molecule has 0 aliphatic rings. The Labute approximate surface area is 64.4 Å². The minimum atomic E-state index is 0.542. The van der Waals surface area contributed by atoms with Gasteiger partial charge in [-0.25, -0.2) is 0 Å². The third-order valence-corrected chi connectivity index (χ3v) is 2.77. The predicted molar refractivity (Wildman–Crippen MR) is 47.1 cm³/mol. The summed E-state index contributed by atoms with van der Waals surface area (Å²) < 4.78 is 0. The Morgan fingerprint density at radius 1 is 1.22 bits per heavy atom. The first-order chi connectivity index (χ1) is 4.09. The van der Waals surface area contributed by atoms with Gasteiger partial charge in [-0.1, -0.05) is 34.1 Å². The fourth-order valence-electron chi connectivity index (χ4n) is 0.847. The van der Waals surface area contributed by atoms with E-state index in [1.165, 1.54) is 6.42 Å². The molecule has 0 rings (SSSR count). The lowest BCUT2D eigenvalue weighted by Crippen LogP contribution is -2.15. The average molecular weight is 146 g/mol. The molecule has 0 aromatic rings. The summed E-state index contributed by atoms with van der Waals surface area (Å²) >= 11 is 4.39. The van der Waals surface area contributed by atoms with Crippen LogP contribution < -0.4 is 0 Å². The first kappa shape index (κ1) is 9.35. The fraction of sp³-hybridized carbons (Fsp3) is 1.00. The number of hydrogen-bond donors (Lipinski definition) is 1. The van der Waals surface area contributed by atoms with Gasteiger partial charge in [-0.3, -0.25) is 0 Å². The predicted octanol–water partition coefficient (Wildman–Crippen LogP) is 2.99. The summed E-state index contributed by atoms with van der Waals surface area (Å²) in [6, 6.07) is 0. The third-order valence-electron chi connectivity index (χ3n) is 2.30. The first-order valence-electron chi connectivity index (χ1n) is 3.77. The minimum Gasteiger partial charge on any atom is -0.176 e. The number of thiol groups is 1. The van der Waals surface area contributed by atoms with E-state index in [1.807, 2.05) is 0 Å². The Morgan fingerprint density at radius 2 is 1.67 bits per heavy atom. The van der Waals surface area contributed by atoms with Crippen LogP contribution in [0.1, 0.15) is 34.1 Å². The van der Waals surface area contributed by atoms with E-state index in [2.05, 4.69) is 40.3 Å². The molecule has 0 N–H and O–H groups in total. The molecular formula is C8H18S. The van der Waals surface area contributed by atoms with E-state index >= 15 is 0 Å². The van der Waals surface area contributed by atoms with E-state index in [1.54, 1.807) is 0 Å². The summed E-state index contributed by atoms with van der Waals surface area (Å²) in [6.07, 6.45) is 1.27. The van der Waals surface area contributed by atoms with Crippen LogP contribution in [0.2, 0.25) is 0 Å². The van der Waals surface area contributed by atoms with Crippen molar-refractivity contribution in [1.82, 2.24) is 0 Å². The highest BCUT2D eigenvalue weighted by molar-refractivity contribution is 7.80. The van der Waals surface area contributed by atoms with Crippen molar-refractivity contribution in [3.63, 3.8) is 0 Å². The zero-order valence-corrected chi connectivity index (χ0v) is 7.78. The van der Waals surface area contributed by atoms with Crippen molar-refractivity contribution in [2.24, 2.45) is 11.8 Å². The van der Waals surface area contributed by atoms with Gasteiger partial charge in [0.25, 0.3) is 0 Å². The highest BCUT2D eigenvalue weighted by Gasteiger charge is 2.13. The summed E-state index contributed by atoms with van der Waals surface area (Å²) in [5, 5.41) is 0.542. The van der Waals surface area contributed by atoms with Gasteiger partial charge in [0, 0.05) is 5.25 Å². The van der Waals surface area contributed by atoms with Crippen molar-refractivity contribution in [3.05, 3.63) is 0 Å². The molecule has 56 valence electrons. The van der Waals surface area contributed by atoms with Gasteiger partial charge in [-0.2, -0.15) is 12.6 Å². The van der Waals surface area contributed by atoms with Gasteiger partial charge in [-0.15, -0.1) is 0 Å². The van der Waals surface area contributed by atoms with Crippen LogP contribution >= 0.6 is 12.6 Å². The van der Waals surface area contributed by atoms with Gasteiger partial charge in [0.05, 0.1) is 0 Å². The second-order valence-electron chi connectivity index (χ2n) is 2.99. The molecule has 0 aromatic heterocycles. The molecule has 0 spiro atoms.